The summed E-state index contributed by atoms with van der Waals surface area (Å²) < 4.78 is 5.50. The van der Waals surface area contributed by atoms with Crippen molar-refractivity contribution in [1.29, 1.82) is 0 Å². The topological polar surface area (TPSA) is 64.1 Å². The highest BCUT2D eigenvalue weighted by atomic mass is 79.9. The Kier molecular flexibility index (Phi) is 5.85. The number of carbonyl (C=O) groups excluding carboxylic acids is 1. The molecule has 1 N–H and O–H groups in total. The minimum absolute atomic E-state index is 0.237. The van der Waals surface area contributed by atoms with E-state index in [1.54, 1.807) is 31.2 Å². The smallest absolute Gasteiger partial charge is 0.344 e. The molecular formula is C19H15BrClN3O2. The number of aromatic nitrogens is 2. The molecule has 0 spiro atoms. The van der Waals surface area contributed by atoms with Gasteiger partial charge in [0.1, 0.15) is 16.0 Å². The van der Waals surface area contributed by atoms with Crippen LogP contribution < -0.4 is 5.32 Å². The summed E-state index contributed by atoms with van der Waals surface area (Å²) in [5, 5.41) is 3.77. The van der Waals surface area contributed by atoms with Crippen molar-refractivity contribution < 1.29 is 9.53 Å². The SMILES string of the molecule is CCOC(=O)c1c(Br)nc(-c2ccccc2)nc1Nc1ccc(Cl)cc1. The molecule has 0 atom stereocenters. The number of esters is 1. The van der Waals surface area contributed by atoms with E-state index in [0.29, 0.717) is 21.3 Å². The van der Waals surface area contributed by atoms with Crippen LogP contribution in [0.5, 0.6) is 0 Å². The van der Waals surface area contributed by atoms with Crippen LogP contribution in [0, 0.1) is 0 Å². The van der Waals surface area contributed by atoms with E-state index in [1.165, 1.54) is 0 Å². The van der Waals surface area contributed by atoms with E-state index >= 15 is 0 Å². The fourth-order valence-corrected chi connectivity index (χ4v) is 2.94. The Morgan fingerprint density at radius 1 is 1.12 bits per heavy atom. The van der Waals surface area contributed by atoms with Crippen LogP contribution in [-0.2, 0) is 4.74 Å². The van der Waals surface area contributed by atoms with Crippen LogP contribution >= 0.6 is 27.5 Å². The van der Waals surface area contributed by atoms with Crippen molar-refractivity contribution in [2.24, 2.45) is 0 Å². The van der Waals surface area contributed by atoms with Gasteiger partial charge in [-0.2, -0.15) is 0 Å². The molecule has 0 unspecified atom stereocenters. The molecule has 0 aliphatic carbocycles. The van der Waals surface area contributed by atoms with Crippen LogP contribution in [0.15, 0.2) is 59.2 Å². The third-order valence-electron chi connectivity index (χ3n) is 3.48. The lowest BCUT2D eigenvalue weighted by atomic mass is 10.2. The number of carbonyl (C=O) groups is 1. The normalized spacial score (nSPS) is 10.4. The van der Waals surface area contributed by atoms with Gasteiger partial charge in [0, 0.05) is 16.3 Å². The fraction of sp³-hybridized carbons (Fsp3) is 0.105. The lowest BCUT2D eigenvalue weighted by molar-refractivity contribution is 0.0525. The molecule has 1 aromatic heterocycles. The molecular weight excluding hydrogens is 418 g/mol. The third kappa shape index (κ3) is 4.20. The standard InChI is InChI=1S/C19H15BrClN3O2/c1-2-26-19(25)15-16(20)23-17(12-6-4-3-5-7-12)24-18(15)22-14-10-8-13(21)9-11-14/h3-11H,2H2,1H3,(H,22,23,24). The van der Waals surface area contributed by atoms with Crippen molar-refractivity contribution in [2.45, 2.75) is 6.92 Å². The Labute approximate surface area is 164 Å². The predicted molar refractivity (Wildman–Crippen MR) is 106 cm³/mol. The summed E-state index contributed by atoms with van der Waals surface area (Å²) in [7, 11) is 0. The number of hydrogen-bond acceptors (Lipinski definition) is 5. The number of halogens is 2. The first-order valence-corrected chi connectivity index (χ1v) is 9.08. The summed E-state index contributed by atoms with van der Waals surface area (Å²) in [5.74, 6) is 0.337. The van der Waals surface area contributed by atoms with E-state index in [2.05, 4.69) is 31.2 Å². The molecule has 26 heavy (non-hydrogen) atoms. The monoisotopic (exact) mass is 431 g/mol. The summed E-state index contributed by atoms with van der Waals surface area (Å²) in [5.41, 5.74) is 1.81. The summed E-state index contributed by atoms with van der Waals surface area (Å²) in [6, 6.07) is 16.6. The number of hydrogen-bond donors (Lipinski definition) is 1. The van der Waals surface area contributed by atoms with Crippen molar-refractivity contribution in [2.75, 3.05) is 11.9 Å². The number of anilines is 2. The van der Waals surface area contributed by atoms with Gasteiger partial charge in [0.05, 0.1) is 6.61 Å². The zero-order valence-electron chi connectivity index (χ0n) is 13.9. The van der Waals surface area contributed by atoms with Gasteiger partial charge in [-0.15, -0.1) is 0 Å². The van der Waals surface area contributed by atoms with Crippen LogP contribution in [-0.4, -0.2) is 22.5 Å². The number of ether oxygens (including phenoxy) is 1. The molecule has 7 heteroatoms. The second-order valence-electron chi connectivity index (χ2n) is 5.28. The molecule has 0 saturated carbocycles. The minimum Gasteiger partial charge on any atom is -0.462 e. The summed E-state index contributed by atoms with van der Waals surface area (Å²) >= 11 is 9.31. The number of benzene rings is 2. The Morgan fingerprint density at radius 2 is 1.81 bits per heavy atom. The van der Waals surface area contributed by atoms with E-state index in [9.17, 15) is 4.79 Å². The average molecular weight is 433 g/mol. The fourth-order valence-electron chi connectivity index (χ4n) is 2.29. The van der Waals surface area contributed by atoms with Crippen molar-refractivity contribution in [3.8, 4) is 11.4 Å². The lowest BCUT2D eigenvalue weighted by Crippen LogP contribution is -2.12. The first-order valence-electron chi connectivity index (χ1n) is 7.91. The zero-order chi connectivity index (χ0) is 18.5. The third-order valence-corrected chi connectivity index (χ3v) is 4.31. The second kappa shape index (κ2) is 8.29. The van der Waals surface area contributed by atoms with E-state index in [-0.39, 0.29) is 12.2 Å². The van der Waals surface area contributed by atoms with Gasteiger partial charge in [0.2, 0.25) is 0 Å². The highest BCUT2D eigenvalue weighted by molar-refractivity contribution is 9.10. The summed E-state index contributed by atoms with van der Waals surface area (Å²) in [6.45, 7) is 2.00. The Hall–Kier alpha value is -2.44. The van der Waals surface area contributed by atoms with Crippen LogP contribution in [0.3, 0.4) is 0 Å². The van der Waals surface area contributed by atoms with Crippen molar-refractivity contribution >= 4 is 45.0 Å². The van der Waals surface area contributed by atoms with E-state index in [0.717, 1.165) is 11.3 Å². The van der Waals surface area contributed by atoms with Crippen LogP contribution in [0.2, 0.25) is 5.02 Å². The maximum atomic E-state index is 12.4. The number of rotatable bonds is 5. The Bertz CT molecular complexity index is 918. The van der Waals surface area contributed by atoms with Gasteiger partial charge in [-0.1, -0.05) is 41.9 Å². The van der Waals surface area contributed by atoms with Gasteiger partial charge in [-0.25, -0.2) is 14.8 Å². The van der Waals surface area contributed by atoms with Crippen LogP contribution in [0.25, 0.3) is 11.4 Å². The van der Waals surface area contributed by atoms with Gasteiger partial charge in [0.25, 0.3) is 0 Å². The van der Waals surface area contributed by atoms with Gasteiger partial charge in [-0.05, 0) is 47.1 Å². The van der Waals surface area contributed by atoms with Crippen molar-refractivity contribution in [3.05, 3.63) is 69.8 Å². The second-order valence-corrected chi connectivity index (χ2v) is 6.47. The number of nitrogens with zero attached hydrogens (tertiary/aromatic N) is 2. The quantitative estimate of drug-likeness (QED) is 0.427. The molecule has 1 heterocycles. The van der Waals surface area contributed by atoms with Crippen molar-refractivity contribution in [1.82, 2.24) is 9.97 Å². The molecule has 0 amide bonds. The van der Waals surface area contributed by atoms with E-state index in [4.69, 9.17) is 16.3 Å². The highest BCUT2D eigenvalue weighted by Gasteiger charge is 2.21. The van der Waals surface area contributed by atoms with Crippen molar-refractivity contribution in [3.63, 3.8) is 0 Å². The van der Waals surface area contributed by atoms with E-state index < -0.39 is 5.97 Å². The Morgan fingerprint density at radius 3 is 2.46 bits per heavy atom. The Balaban J connectivity index is 2.08. The van der Waals surface area contributed by atoms with Gasteiger partial charge in [-0.3, -0.25) is 0 Å². The molecule has 0 saturated heterocycles. The zero-order valence-corrected chi connectivity index (χ0v) is 16.2. The molecule has 0 aliphatic heterocycles. The molecule has 3 rings (SSSR count). The molecule has 132 valence electrons. The maximum absolute atomic E-state index is 12.4. The van der Waals surface area contributed by atoms with Crippen LogP contribution in [0.4, 0.5) is 11.5 Å². The molecule has 0 radical (unpaired) electrons. The molecule has 2 aromatic carbocycles. The molecule has 0 aliphatic rings. The molecule has 5 nitrogen and oxygen atoms in total. The largest absolute Gasteiger partial charge is 0.462 e. The first kappa shape index (κ1) is 18.4. The molecule has 3 aromatic rings. The van der Waals surface area contributed by atoms with E-state index in [1.807, 2.05) is 30.3 Å². The molecule has 0 fully saturated rings. The minimum atomic E-state index is -0.504. The number of nitrogens with one attached hydrogen (secondary N) is 1. The first-order chi connectivity index (χ1) is 12.6. The predicted octanol–water partition coefficient (Wildman–Crippen LogP) is 5.48. The van der Waals surface area contributed by atoms with Crippen LogP contribution in [0.1, 0.15) is 17.3 Å². The van der Waals surface area contributed by atoms with Gasteiger partial charge < -0.3 is 10.1 Å². The molecule has 0 bridgehead atoms. The lowest BCUT2D eigenvalue weighted by Gasteiger charge is -2.13. The highest BCUT2D eigenvalue weighted by Crippen LogP contribution is 2.29. The van der Waals surface area contributed by atoms with Gasteiger partial charge in [0.15, 0.2) is 5.82 Å². The van der Waals surface area contributed by atoms with Gasteiger partial charge >= 0.3 is 5.97 Å². The maximum Gasteiger partial charge on any atom is 0.344 e. The average Bonchev–Trinajstić information content (AvgIpc) is 2.64. The summed E-state index contributed by atoms with van der Waals surface area (Å²) in [4.78, 5) is 21.3. The summed E-state index contributed by atoms with van der Waals surface area (Å²) in [6.07, 6.45) is 0.